The molecule has 0 bridgehead atoms. The summed E-state index contributed by atoms with van der Waals surface area (Å²) in [7, 11) is 0. The summed E-state index contributed by atoms with van der Waals surface area (Å²) in [5, 5.41) is 5.42. The highest BCUT2D eigenvalue weighted by molar-refractivity contribution is 6.53. The van der Waals surface area contributed by atoms with Gasteiger partial charge in [0.1, 0.15) is 10.7 Å². The van der Waals surface area contributed by atoms with Gasteiger partial charge in [0.25, 0.3) is 17.7 Å². The molecule has 0 radical (unpaired) electrons. The molecule has 1 aliphatic rings. The Labute approximate surface area is 218 Å². The SMILES string of the molecule is CCCOC(=O)c1cccc(N2C(=O)C(Cl)=C(Nc3cccc(C(=O)Nc4ccccc4C)c3)C2=O)c1. The molecule has 1 aliphatic heterocycles. The normalized spacial score (nSPS) is 13.1. The van der Waals surface area contributed by atoms with Crippen LogP contribution in [0.1, 0.15) is 39.6 Å². The van der Waals surface area contributed by atoms with Gasteiger partial charge in [0, 0.05) is 16.9 Å². The maximum atomic E-state index is 13.2. The van der Waals surface area contributed by atoms with Gasteiger partial charge in [0.2, 0.25) is 0 Å². The molecule has 0 unspecified atom stereocenters. The zero-order valence-electron chi connectivity index (χ0n) is 20.2. The molecule has 0 fully saturated rings. The molecule has 0 saturated carbocycles. The molecule has 188 valence electrons. The van der Waals surface area contributed by atoms with Crippen molar-refractivity contribution >= 4 is 52.4 Å². The van der Waals surface area contributed by atoms with E-state index >= 15 is 0 Å². The minimum Gasteiger partial charge on any atom is -0.462 e. The minimum absolute atomic E-state index is 0.137. The van der Waals surface area contributed by atoms with Crippen molar-refractivity contribution < 1.29 is 23.9 Å². The first-order valence-corrected chi connectivity index (χ1v) is 12.0. The lowest BCUT2D eigenvalue weighted by molar-refractivity contribution is -0.120. The number of aryl methyl sites for hydroxylation is 1. The zero-order valence-corrected chi connectivity index (χ0v) is 21.0. The Morgan fingerprint density at radius 1 is 0.919 bits per heavy atom. The summed E-state index contributed by atoms with van der Waals surface area (Å²) in [6.07, 6.45) is 0.665. The quantitative estimate of drug-likeness (QED) is 0.312. The van der Waals surface area contributed by atoms with Crippen molar-refractivity contribution in [2.45, 2.75) is 20.3 Å². The number of carbonyl (C=O) groups excluding carboxylic acids is 4. The number of imide groups is 1. The van der Waals surface area contributed by atoms with E-state index in [9.17, 15) is 19.2 Å². The molecule has 3 aromatic rings. The summed E-state index contributed by atoms with van der Waals surface area (Å²) in [6.45, 7) is 4.02. The summed E-state index contributed by atoms with van der Waals surface area (Å²) in [5.41, 5.74) is 2.59. The predicted molar refractivity (Wildman–Crippen MR) is 142 cm³/mol. The van der Waals surface area contributed by atoms with Crippen molar-refractivity contribution in [1.29, 1.82) is 0 Å². The second kappa shape index (κ2) is 11.1. The summed E-state index contributed by atoms with van der Waals surface area (Å²) >= 11 is 6.25. The van der Waals surface area contributed by atoms with Crippen LogP contribution in [0.4, 0.5) is 17.1 Å². The second-order valence-electron chi connectivity index (χ2n) is 8.30. The molecule has 0 saturated heterocycles. The Balaban J connectivity index is 1.53. The Hall–Kier alpha value is -4.43. The average molecular weight is 518 g/mol. The Bertz CT molecular complexity index is 1430. The van der Waals surface area contributed by atoms with Gasteiger partial charge >= 0.3 is 5.97 Å². The van der Waals surface area contributed by atoms with Gasteiger partial charge in [-0.05, 0) is 61.4 Å². The summed E-state index contributed by atoms with van der Waals surface area (Å²) in [4.78, 5) is 52.0. The van der Waals surface area contributed by atoms with Gasteiger partial charge in [0.15, 0.2) is 0 Å². The maximum Gasteiger partial charge on any atom is 0.338 e. The Morgan fingerprint density at radius 2 is 1.65 bits per heavy atom. The van der Waals surface area contributed by atoms with Crippen LogP contribution in [-0.2, 0) is 14.3 Å². The van der Waals surface area contributed by atoms with Crippen LogP contribution in [0.3, 0.4) is 0 Å². The molecule has 37 heavy (non-hydrogen) atoms. The lowest BCUT2D eigenvalue weighted by Crippen LogP contribution is -2.32. The van der Waals surface area contributed by atoms with Crippen LogP contribution < -0.4 is 15.5 Å². The number of benzene rings is 3. The molecule has 0 spiro atoms. The number of hydrogen-bond acceptors (Lipinski definition) is 6. The van der Waals surface area contributed by atoms with Crippen molar-refractivity contribution in [3.8, 4) is 0 Å². The van der Waals surface area contributed by atoms with Crippen LogP contribution in [0.15, 0.2) is 83.5 Å². The number of halogens is 1. The van der Waals surface area contributed by atoms with Gasteiger partial charge < -0.3 is 15.4 Å². The number of nitrogens with one attached hydrogen (secondary N) is 2. The van der Waals surface area contributed by atoms with Gasteiger partial charge in [-0.15, -0.1) is 0 Å². The molecule has 3 aromatic carbocycles. The molecular formula is C28H24ClN3O5. The second-order valence-corrected chi connectivity index (χ2v) is 8.67. The first kappa shape index (κ1) is 25.7. The fourth-order valence-corrected chi connectivity index (χ4v) is 3.90. The summed E-state index contributed by atoms with van der Waals surface area (Å²) in [6, 6.07) is 19.9. The smallest absolute Gasteiger partial charge is 0.338 e. The molecule has 1 heterocycles. The minimum atomic E-state index is -0.735. The highest BCUT2D eigenvalue weighted by Crippen LogP contribution is 2.31. The molecule has 0 aliphatic carbocycles. The molecule has 9 heteroatoms. The first-order chi connectivity index (χ1) is 17.8. The van der Waals surface area contributed by atoms with Crippen molar-refractivity contribution in [3.05, 3.63) is 100 Å². The van der Waals surface area contributed by atoms with E-state index in [4.69, 9.17) is 16.3 Å². The highest BCUT2D eigenvalue weighted by atomic mass is 35.5. The van der Waals surface area contributed by atoms with Crippen LogP contribution in [0.25, 0.3) is 0 Å². The van der Waals surface area contributed by atoms with Crippen LogP contribution in [0.2, 0.25) is 0 Å². The van der Waals surface area contributed by atoms with E-state index in [1.807, 2.05) is 32.0 Å². The third kappa shape index (κ3) is 5.54. The Kier molecular flexibility index (Phi) is 7.69. The molecule has 2 N–H and O–H groups in total. The number of amides is 3. The van der Waals surface area contributed by atoms with Crippen molar-refractivity contribution in [2.24, 2.45) is 0 Å². The monoisotopic (exact) mass is 517 g/mol. The average Bonchev–Trinajstić information content (AvgIpc) is 3.11. The van der Waals surface area contributed by atoms with Crippen LogP contribution >= 0.6 is 11.6 Å². The van der Waals surface area contributed by atoms with Crippen molar-refractivity contribution in [1.82, 2.24) is 0 Å². The van der Waals surface area contributed by atoms with E-state index in [2.05, 4.69) is 10.6 Å². The fourth-order valence-electron chi connectivity index (χ4n) is 3.69. The molecule has 3 amide bonds. The number of rotatable bonds is 8. The third-order valence-corrected chi connectivity index (χ3v) is 5.94. The standard InChI is InChI=1S/C28H24ClN3O5/c1-3-14-37-28(36)19-10-7-12-21(16-19)32-26(34)23(29)24(27(32)35)30-20-11-6-9-18(15-20)25(33)31-22-13-5-4-8-17(22)2/h4-13,15-16,30H,3,14H2,1-2H3,(H,31,33). The van der Waals surface area contributed by atoms with E-state index in [1.54, 1.807) is 36.4 Å². The summed E-state index contributed by atoms with van der Waals surface area (Å²) in [5.74, 6) is -2.31. The molecule has 0 atom stereocenters. The zero-order chi connectivity index (χ0) is 26.5. The molecule has 4 rings (SSSR count). The maximum absolute atomic E-state index is 13.2. The van der Waals surface area contributed by atoms with E-state index < -0.39 is 17.8 Å². The lowest BCUT2D eigenvalue weighted by Gasteiger charge is -2.16. The number of hydrogen-bond donors (Lipinski definition) is 2. The third-order valence-electron chi connectivity index (χ3n) is 5.59. The van der Waals surface area contributed by atoms with Gasteiger partial charge in [-0.25, -0.2) is 9.69 Å². The molecular weight excluding hydrogens is 494 g/mol. The van der Waals surface area contributed by atoms with E-state index in [0.29, 0.717) is 23.4 Å². The van der Waals surface area contributed by atoms with Crippen molar-refractivity contribution in [3.63, 3.8) is 0 Å². The molecule has 8 nitrogen and oxygen atoms in total. The largest absolute Gasteiger partial charge is 0.462 e. The topological polar surface area (TPSA) is 105 Å². The van der Waals surface area contributed by atoms with Crippen LogP contribution in [0.5, 0.6) is 0 Å². The van der Waals surface area contributed by atoms with Crippen molar-refractivity contribution in [2.75, 3.05) is 22.1 Å². The van der Waals surface area contributed by atoms with Gasteiger partial charge in [-0.1, -0.05) is 48.9 Å². The predicted octanol–water partition coefficient (Wildman–Crippen LogP) is 5.25. The van der Waals surface area contributed by atoms with Crippen LogP contribution in [0, 0.1) is 6.92 Å². The number of nitrogens with zero attached hydrogens (tertiary/aromatic N) is 1. The highest BCUT2D eigenvalue weighted by Gasteiger charge is 2.39. The summed E-state index contributed by atoms with van der Waals surface area (Å²) < 4.78 is 5.14. The van der Waals surface area contributed by atoms with E-state index in [1.165, 1.54) is 18.2 Å². The Morgan fingerprint density at radius 3 is 2.41 bits per heavy atom. The molecule has 0 aromatic heterocycles. The van der Waals surface area contributed by atoms with Gasteiger partial charge in [0.05, 0.1) is 17.9 Å². The number of ether oxygens (including phenoxy) is 1. The lowest BCUT2D eigenvalue weighted by atomic mass is 10.1. The van der Waals surface area contributed by atoms with Crippen LogP contribution in [-0.4, -0.2) is 30.3 Å². The van der Waals surface area contributed by atoms with E-state index in [0.717, 1.165) is 10.5 Å². The van der Waals surface area contributed by atoms with E-state index in [-0.39, 0.29) is 34.5 Å². The van der Waals surface area contributed by atoms with Gasteiger partial charge in [-0.2, -0.15) is 0 Å². The number of carbonyl (C=O) groups is 4. The fraction of sp³-hybridized carbons (Fsp3) is 0.143. The number of esters is 1. The number of anilines is 3. The number of para-hydroxylation sites is 1. The van der Waals surface area contributed by atoms with Gasteiger partial charge in [-0.3, -0.25) is 14.4 Å². The first-order valence-electron chi connectivity index (χ1n) is 11.6.